The largest absolute Gasteiger partial charge is 0.496 e. The van der Waals surface area contributed by atoms with Crippen molar-refractivity contribution in [2.75, 3.05) is 13.7 Å². The second-order valence-corrected chi connectivity index (χ2v) is 6.52. The molecule has 2 fully saturated rings. The summed E-state index contributed by atoms with van der Waals surface area (Å²) in [7, 11) is 1.60. The molecule has 7 heteroatoms. The van der Waals surface area contributed by atoms with E-state index in [1.54, 1.807) is 13.2 Å². The molecule has 0 spiro atoms. The summed E-state index contributed by atoms with van der Waals surface area (Å²) in [6, 6.07) is 9.45. The Hall–Kier alpha value is -2.83. The van der Waals surface area contributed by atoms with Crippen LogP contribution in [-0.4, -0.2) is 52.6 Å². The van der Waals surface area contributed by atoms with Crippen LogP contribution in [0, 0.1) is 0 Å². The van der Waals surface area contributed by atoms with Crippen LogP contribution < -0.4 is 10.1 Å². The molecule has 1 atom stereocenters. The first-order chi connectivity index (χ1) is 12.2. The minimum Gasteiger partial charge on any atom is -0.496 e. The van der Waals surface area contributed by atoms with Gasteiger partial charge in [-0.3, -0.25) is 14.7 Å². The van der Waals surface area contributed by atoms with Gasteiger partial charge in [-0.25, -0.2) is 0 Å². The average molecular weight is 340 g/mol. The van der Waals surface area contributed by atoms with Crippen LogP contribution in [-0.2, 0) is 4.79 Å². The number of methoxy groups -OCH3 is 1. The van der Waals surface area contributed by atoms with Crippen LogP contribution in [0.25, 0.3) is 11.3 Å². The molecule has 1 saturated heterocycles. The van der Waals surface area contributed by atoms with Crippen LogP contribution in [0.5, 0.6) is 5.75 Å². The molecule has 0 unspecified atom stereocenters. The van der Waals surface area contributed by atoms with Gasteiger partial charge in [0.05, 0.1) is 18.8 Å². The third-order valence-electron chi connectivity index (χ3n) is 4.69. The molecule has 2 aromatic rings. The number of ether oxygens (including phenoxy) is 1. The number of H-pyrrole nitrogens is 1. The summed E-state index contributed by atoms with van der Waals surface area (Å²) in [4.78, 5) is 26.3. The van der Waals surface area contributed by atoms with Crippen LogP contribution in [0.4, 0.5) is 0 Å². The van der Waals surface area contributed by atoms with Gasteiger partial charge in [-0.05, 0) is 31.0 Å². The number of hydrogen-bond donors (Lipinski definition) is 2. The van der Waals surface area contributed by atoms with Crippen molar-refractivity contribution in [3.8, 4) is 17.0 Å². The Morgan fingerprint density at radius 3 is 2.92 bits per heavy atom. The first-order valence-corrected chi connectivity index (χ1v) is 8.45. The molecule has 1 aromatic carbocycles. The van der Waals surface area contributed by atoms with Crippen LogP contribution in [0.1, 0.15) is 29.8 Å². The van der Waals surface area contributed by atoms with Gasteiger partial charge in [0.1, 0.15) is 11.4 Å². The summed E-state index contributed by atoms with van der Waals surface area (Å²) in [5.41, 5.74) is 1.83. The Labute approximate surface area is 145 Å². The van der Waals surface area contributed by atoms with Crippen molar-refractivity contribution in [3.05, 3.63) is 36.0 Å². The van der Waals surface area contributed by atoms with Crippen molar-refractivity contribution < 1.29 is 14.3 Å². The molecule has 1 aromatic heterocycles. The van der Waals surface area contributed by atoms with E-state index in [-0.39, 0.29) is 17.9 Å². The highest BCUT2D eigenvalue weighted by molar-refractivity contribution is 5.94. The lowest BCUT2D eigenvalue weighted by Crippen LogP contribution is -2.37. The monoisotopic (exact) mass is 340 g/mol. The number of nitrogens with zero attached hydrogens (tertiary/aromatic N) is 2. The Morgan fingerprint density at radius 2 is 2.16 bits per heavy atom. The fraction of sp³-hybridized carbons (Fsp3) is 0.389. The van der Waals surface area contributed by atoms with Gasteiger partial charge in [0.25, 0.3) is 5.91 Å². The SMILES string of the molecule is COc1ccccc1-c1cc(C(=O)N[C@@H]2CC(=O)N(C3CC3)C2)[nH]n1. The number of aromatic nitrogens is 2. The summed E-state index contributed by atoms with van der Waals surface area (Å²) >= 11 is 0. The summed E-state index contributed by atoms with van der Waals surface area (Å²) < 4.78 is 5.33. The van der Waals surface area contributed by atoms with Crippen molar-refractivity contribution in [3.63, 3.8) is 0 Å². The lowest BCUT2D eigenvalue weighted by atomic mass is 10.1. The predicted molar refractivity (Wildman–Crippen MR) is 91.2 cm³/mol. The molecule has 25 heavy (non-hydrogen) atoms. The molecule has 130 valence electrons. The smallest absolute Gasteiger partial charge is 0.269 e. The first kappa shape index (κ1) is 15.7. The summed E-state index contributed by atoms with van der Waals surface area (Å²) in [6.07, 6.45) is 2.53. The highest BCUT2D eigenvalue weighted by Gasteiger charge is 2.39. The number of aromatic amines is 1. The summed E-state index contributed by atoms with van der Waals surface area (Å²) in [5.74, 6) is 0.582. The number of para-hydroxylation sites is 1. The quantitative estimate of drug-likeness (QED) is 0.865. The molecular formula is C18H20N4O3. The molecule has 4 rings (SSSR count). The molecule has 0 bridgehead atoms. The molecule has 1 aliphatic carbocycles. The Kier molecular flexibility index (Phi) is 3.91. The van der Waals surface area contributed by atoms with Crippen molar-refractivity contribution >= 4 is 11.8 Å². The summed E-state index contributed by atoms with van der Waals surface area (Å²) in [6.45, 7) is 0.600. The standard InChI is InChI=1S/C18H20N4O3/c1-25-16-5-3-2-4-13(16)14-9-15(21-20-14)18(24)19-11-8-17(23)22(10-11)12-6-7-12/h2-5,9,11-12H,6-8,10H2,1H3,(H,19,24)(H,20,21)/t11-/m1/s1. The van der Waals surface area contributed by atoms with E-state index in [1.807, 2.05) is 29.2 Å². The Morgan fingerprint density at radius 1 is 1.36 bits per heavy atom. The number of nitrogens with one attached hydrogen (secondary N) is 2. The molecule has 2 aliphatic rings. The predicted octanol–water partition coefficient (Wildman–Crippen LogP) is 1.58. The van der Waals surface area contributed by atoms with Crippen molar-refractivity contribution in [2.24, 2.45) is 0 Å². The number of carbonyl (C=O) groups excluding carboxylic acids is 2. The number of benzene rings is 1. The van der Waals surface area contributed by atoms with Gasteiger partial charge in [0, 0.05) is 24.6 Å². The molecule has 2 N–H and O–H groups in total. The fourth-order valence-electron chi connectivity index (χ4n) is 3.26. The summed E-state index contributed by atoms with van der Waals surface area (Å²) in [5, 5.41) is 9.91. The van der Waals surface area contributed by atoms with Gasteiger partial charge in [-0.1, -0.05) is 12.1 Å². The Bertz CT molecular complexity index is 812. The van der Waals surface area contributed by atoms with E-state index in [0.29, 0.717) is 36.1 Å². The zero-order valence-electron chi connectivity index (χ0n) is 14.0. The van der Waals surface area contributed by atoms with Crippen molar-refractivity contribution in [2.45, 2.75) is 31.3 Å². The topological polar surface area (TPSA) is 87.3 Å². The number of rotatable bonds is 5. The number of hydrogen-bond acceptors (Lipinski definition) is 4. The second-order valence-electron chi connectivity index (χ2n) is 6.52. The molecule has 1 saturated carbocycles. The fourth-order valence-corrected chi connectivity index (χ4v) is 3.26. The van der Waals surface area contributed by atoms with Crippen LogP contribution >= 0.6 is 0 Å². The van der Waals surface area contributed by atoms with Gasteiger partial charge >= 0.3 is 0 Å². The zero-order valence-corrected chi connectivity index (χ0v) is 14.0. The maximum atomic E-state index is 12.5. The van der Waals surface area contributed by atoms with Crippen LogP contribution in [0.15, 0.2) is 30.3 Å². The lowest BCUT2D eigenvalue weighted by molar-refractivity contribution is -0.128. The molecule has 0 radical (unpaired) electrons. The molecule has 7 nitrogen and oxygen atoms in total. The molecule has 2 heterocycles. The molecule has 2 amide bonds. The van der Waals surface area contributed by atoms with Gasteiger partial charge in [0.2, 0.25) is 5.91 Å². The number of carbonyl (C=O) groups is 2. The molecule has 1 aliphatic heterocycles. The average Bonchev–Trinajstić information content (AvgIpc) is 3.22. The third kappa shape index (κ3) is 3.09. The van der Waals surface area contributed by atoms with E-state index in [1.165, 1.54) is 0 Å². The van der Waals surface area contributed by atoms with Gasteiger partial charge in [0.15, 0.2) is 0 Å². The van der Waals surface area contributed by atoms with E-state index >= 15 is 0 Å². The van der Waals surface area contributed by atoms with Gasteiger partial charge in [-0.2, -0.15) is 5.10 Å². The maximum absolute atomic E-state index is 12.5. The van der Waals surface area contributed by atoms with E-state index in [4.69, 9.17) is 4.74 Å². The van der Waals surface area contributed by atoms with Gasteiger partial charge < -0.3 is 15.0 Å². The normalized spacial score (nSPS) is 20.0. The van der Waals surface area contributed by atoms with Crippen LogP contribution in [0.3, 0.4) is 0 Å². The number of amides is 2. The van der Waals surface area contributed by atoms with E-state index in [2.05, 4.69) is 15.5 Å². The Balaban J connectivity index is 1.45. The maximum Gasteiger partial charge on any atom is 0.269 e. The second kappa shape index (κ2) is 6.23. The van der Waals surface area contributed by atoms with Crippen molar-refractivity contribution in [1.29, 1.82) is 0 Å². The zero-order chi connectivity index (χ0) is 17.4. The first-order valence-electron chi connectivity index (χ1n) is 8.45. The number of likely N-dealkylation sites (tertiary alicyclic amines) is 1. The van der Waals surface area contributed by atoms with E-state index in [0.717, 1.165) is 18.4 Å². The highest BCUT2D eigenvalue weighted by Crippen LogP contribution is 2.31. The van der Waals surface area contributed by atoms with Crippen molar-refractivity contribution in [1.82, 2.24) is 20.4 Å². The van der Waals surface area contributed by atoms with Crippen LogP contribution in [0.2, 0.25) is 0 Å². The third-order valence-corrected chi connectivity index (χ3v) is 4.69. The minimum absolute atomic E-state index is 0.132. The lowest BCUT2D eigenvalue weighted by Gasteiger charge is -2.15. The van der Waals surface area contributed by atoms with E-state index < -0.39 is 0 Å². The molecular weight excluding hydrogens is 320 g/mol. The highest BCUT2D eigenvalue weighted by atomic mass is 16.5. The van der Waals surface area contributed by atoms with E-state index in [9.17, 15) is 9.59 Å². The minimum atomic E-state index is -0.246. The van der Waals surface area contributed by atoms with Gasteiger partial charge in [-0.15, -0.1) is 0 Å².